The smallest absolute Gasteiger partial charge is 0.258 e. The van der Waals surface area contributed by atoms with Crippen LogP contribution < -0.4 is 9.80 Å². The van der Waals surface area contributed by atoms with E-state index in [4.69, 9.17) is 0 Å². The molecule has 3 heterocycles. The SMILES string of the molecule is C[C@@H]1CCCN(C(=O)C2CCN(c3cc(C(=O)N(C)c4ccccc4)ccn3)CC2)C1. The number of rotatable bonds is 4. The van der Waals surface area contributed by atoms with Gasteiger partial charge in [-0.05, 0) is 55.9 Å². The summed E-state index contributed by atoms with van der Waals surface area (Å²) >= 11 is 0. The van der Waals surface area contributed by atoms with E-state index in [2.05, 4.69) is 21.7 Å². The summed E-state index contributed by atoms with van der Waals surface area (Å²) in [6.45, 7) is 5.62. The molecule has 2 aliphatic heterocycles. The van der Waals surface area contributed by atoms with E-state index >= 15 is 0 Å². The standard InChI is InChI=1S/C25H32N4O2/c1-19-7-6-14-29(18-19)25(31)20-11-15-28(16-12-20)23-17-21(10-13-26-23)24(30)27(2)22-8-4-3-5-9-22/h3-5,8-10,13,17,19-20H,6-7,11-12,14-16,18H2,1-2H3/t19-/m1/s1. The van der Waals surface area contributed by atoms with Crippen molar-refractivity contribution < 1.29 is 9.59 Å². The van der Waals surface area contributed by atoms with E-state index in [0.717, 1.165) is 56.9 Å². The largest absolute Gasteiger partial charge is 0.357 e. The Balaban J connectivity index is 1.38. The molecule has 6 heteroatoms. The molecule has 0 saturated carbocycles. The number of anilines is 2. The van der Waals surface area contributed by atoms with Gasteiger partial charge in [0, 0.05) is 56.6 Å². The van der Waals surface area contributed by atoms with E-state index in [1.54, 1.807) is 24.2 Å². The van der Waals surface area contributed by atoms with E-state index in [1.807, 2.05) is 36.4 Å². The van der Waals surface area contributed by atoms with Crippen molar-refractivity contribution in [3.05, 3.63) is 54.2 Å². The van der Waals surface area contributed by atoms with Gasteiger partial charge in [0.25, 0.3) is 5.91 Å². The number of piperidine rings is 2. The first-order valence-electron chi connectivity index (χ1n) is 11.4. The average molecular weight is 421 g/mol. The van der Waals surface area contributed by atoms with Crippen LogP contribution in [0.3, 0.4) is 0 Å². The first kappa shape index (κ1) is 21.3. The highest BCUT2D eigenvalue weighted by Crippen LogP contribution is 2.26. The van der Waals surface area contributed by atoms with Gasteiger partial charge in [-0.1, -0.05) is 25.1 Å². The second-order valence-corrected chi connectivity index (χ2v) is 8.90. The molecule has 31 heavy (non-hydrogen) atoms. The number of aromatic nitrogens is 1. The van der Waals surface area contributed by atoms with Crippen molar-refractivity contribution in [2.75, 3.05) is 43.0 Å². The number of nitrogens with zero attached hydrogens (tertiary/aromatic N) is 4. The quantitative estimate of drug-likeness (QED) is 0.754. The lowest BCUT2D eigenvalue weighted by Crippen LogP contribution is -2.46. The molecule has 0 spiro atoms. The molecule has 2 aromatic rings. The van der Waals surface area contributed by atoms with Gasteiger partial charge in [-0.2, -0.15) is 0 Å². The number of carbonyl (C=O) groups excluding carboxylic acids is 2. The molecular formula is C25H32N4O2. The molecule has 0 bridgehead atoms. The third kappa shape index (κ3) is 4.89. The van der Waals surface area contributed by atoms with Crippen LogP contribution >= 0.6 is 0 Å². The third-order valence-electron chi connectivity index (χ3n) is 6.58. The summed E-state index contributed by atoms with van der Waals surface area (Å²) in [5.41, 5.74) is 1.48. The predicted molar refractivity (Wildman–Crippen MR) is 123 cm³/mol. The molecule has 2 amide bonds. The fraction of sp³-hybridized carbons (Fsp3) is 0.480. The van der Waals surface area contributed by atoms with Gasteiger partial charge in [-0.25, -0.2) is 4.98 Å². The van der Waals surface area contributed by atoms with E-state index < -0.39 is 0 Å². The third-order valence-corrected chi connectivity index (χ3v) is 6.58. The van der Waals surface area contributed by atoms with E-state index in [0.29, 0.717) is 17.4 Å². The molecule has 1 aromatic carbocycles. The zero-order chi connectivity index (χ0) is 21.8. The van der Waals surface area contributed by atoms with Crippen LogP contribution in [0.15, 0.2) is 48.7 Å². The molecule has 164 valence electrons. The minimum absolute atomic E-state index is 0.0564. The summed E-state index contributed by atoms with van der Waals surface area (Å²) in [6, 6.07) is 13.3. The molecule has 2 aliphatic rings. The summed E-state index contributed by atoms with van der Waals surface area (Å²) in [7, 11) is 1.79. The van der Waals surface area contributed by atoms with Gasteiger partial charge in [0.2, 0.25) is 5.91 Å². The number of benzene rings is 1. The number of amides is 2. The first-order valence-corrected chi connectivity index (χ1v) is 11.4. The fourth-order valence-electron chi connectivity index (χ4n) is 4.69. The Labute approximate surface area is 184 Å². The Morgan fingerprint density at radius 3 is 2.48 bits per heavy atom. The van der Waals surface area contributed by atoms with Gasteiger partial charge in [-0.15, -0.1) is 0 Å². The highest BCUT2D eigenvalue weighted by molar-refractivity contribution is 6.06. The zero-order valence-corrected chi connectivity index (χ0v) is 18.5. The van der Waals surface area contributed by atoms with Crippen molar-refractivity contribution in [3.8, 4) is 0 Å². The Morgan fingerprint density at radius 2 is 1.77 bits per heavy atom. The summed E-state index contributed by atoms with van der Waals surface area (Å²) < 4.78 is 0. The first-order chi connectivity index (χ1) is 15.0. The second-order valence-electron chi connectivity index (χ2n) is 8.90. The van der Waals surface area contributed by atoms with E-state index in [-0.39, 0.29) is 11.8 Å². The van der Waals surface area contributed by atoms with Crippen LogP contribution in [-0.4, -0.2) is 54.9 Å². The van der Waals surface area contributed by atoms with Crippen molar-refractivity contribution in [2.45, 2.75) is 32.6 Å². The number of hydrogen-bond acceptors (Lipinski definition) is 4. The van der Waals surface area contributed by atoms with Gasteiger partial charge in [0.15, 0.2) is 0 Å². The second kappa shape index (κ2) is 9.50. The van der Waals surface area contributed by atoms with Crippen LogP contribution in [0.5, 0.6) is 0 Å². The molecule has 0 unspecified atom stereocenters. The maximum Gasteiger partial charge on any atom is 0.258 e. The Hall–Kier alpha value is -2.89. The highest BCUT2D eigenvalue weighted by Gasteiger charge is 2.31. The number of hydrogen-bond donors (Lipinski definition) is 0. The molecule has 2 saturated heterocycles. The molecule has 0 radical (unpaired) electrons. The van der Waals surface area contributed by atoms with Crippen LogP contribution in [0.2, 0.25) is 0 Å². The molecule has 0 aliphatic carbocycles. The maximum absolute atomic E-state index is 13.0. The van der Waals surface area contributed by atoms with Crippen molar-refractivity contribution >= 4 is 23.3 Å². The van der Waals surface area contributed by atoms with Gasteiger partial charge < -0.3 is 14.7 Å². The van der Waals surface area contributed by atoms with E-state index in [1.165, 1.54) is 6.42 Å². The molecule has 0 N–H and O–H groups in total. The Morgan fingerprint density at radius 1 is 1.03 bits per heavy atom. The lowest BCUT2D eigenvalue weighted by Gasteiger charge is -2.37. The lowest BCUT2D eigenvalue weighted by atomic mass is 9.92. The van der Waals surface area contributed by atoms with Crippen molar-refractivity contribution in [3.63, 3.8) is 0 Å². The zero-order valence-electron chi connectivity index (χ0n) is 18.5. The molecule has 1 aromatic heterocycles. The van der Waals surface area contributed by atoms with Gasteiger partial charge in [0.1, 0.15) is 5.82 Å². The molecular weight excluding hydrogens is 388 g/mol. The van der Waals surface area contributed by atoms with Crippen LogP contribution in [0.1, 0.15) is 43.0 Å². The van der Waals surface area contributed by atoms with Gasteiger partial charge in [-0.3, -0.25) is 9.59 Å². The van der Waals surface area contributed by atoms with E-state index in [9.17, 15) is 9.59 Å². The summed E-state index contributed by atoms with van der Waals surface area (Å²) in [5, 5.41) is 0. The molecule has 2 fully saturated rings. The number of pyridine rings is 1. The minimum Gasteiger partial charge on any atom is -0.357 e. The number of likely N-dealkylation sites (tertiary alicyclic amines) is 1. The minimum atomic E-state index is -0.0564. The van der Waals surface area contributed by atoms with Crippen LogP contribution in [0, 0.1) is 11.8 Å². The van der Waals surface area contributed by atoms with Gasteiger partial charge >= 0.3 is 0 Å². The molecule has 1 atom stereocenters. The van der Waals surface area contributed by atoms with Crippen LogP contribution in [-0.2, 0) is 4.79 Å². The number of carbonyl (C=O) groups is 2. The normalized spacial score (nSPS) is 19.9. The molecule has 4 rings (SSSR count). The van der Waals surface area contributed by atoms with Crippen molar-refractivity contribution in [2.24, 2.45) is 11.8 Å². The lowest BCUT2D eigenvalue weighted by molar-refractivity contribution is -0.137. The van der Waals surface area contributed by atoms with Crippen LogP contribution in [0.4, 0.5) is 11.5 Å². The van der Waals surface area contributed by atoms with Crippen molar-refractivity contribution in [1.29, 1.82) is 0 Å². The summed E-state index contributed by atoms with van der Waals surface area (Å²) in [6.07, 6.45) is 5.73. The maximum atomic E-state index is 13.0. The van der Waals surface area contributed by atoms with Crippen LogP contribution in [0.25, 0.3) is 0 Å². The molecule has 6 nitrogen and oxygen atoms in total. The summed E-state index contributed by atoms with van der Waals surface area (Å²) in [5.74, 6) is 1.79. The topological polar surface area (TPSA) is 56.8 Å². The van der Waals surface area contributed by atoms with Gasteiger partial charge in [0.05, 0.1) is 0 Å². The summed E-state index contributed by atoms with van der Waals surface area (Å²) in [4.78, 5) is 36.3. The highest BCUT2D eigenvalue weighted by atomic mass is 16.2. The average Bonchev–Trinajstić information content (AvgIpc) is 2.83. The van der Waals surface area contributed by atoms with Crippen molar-refractivity contribution in [1.82, 2.24) is 9.88 Å². The monoisotopic (exact) mass is 420 g/mol. The predicted octanol–water partition coefficient (Wildman–Crippen LogP) is 3.83. The Bertz CT molecular complexity index is 909. The fourth-order valence-corrected chi connectivity index (χ4v) is 4.69. The number of para-hydroxylation sites is 1. The Kier molecular flexibility index (Phi) is 6.54.